The number of thiophene rings is 1. The molecule has 0 aliphatic heterocycles. The van der Waals surface area contributed by atoms with Gasteiger partial charge in [-0.3, -0.25) is 9.78 Å². The number of anilines is 1. The summed E-state index contributed by atoms with van der Waals surface area (Å²) in [4.78, 5) is 16.5. The SMILES string of the molecule is CCN(CC)S(=O)(=O)c1csc(C(=O)Nc2cccnc2)c1. The van der Waals surface area contributed by atoms with Crippen molar-refractivity contribution in [2.45, 2.75) is 18.7 Å². The van der Waals surface area contributed by atoms with Gasteiger partial charge in [-0.1, -0.05) is 13.8 Å². The van der Waals surface area contributed by atoms with Gasteiger partial charge in [0.1, 0.15) is 0 Å². The molecule has 0 aromatic carbocycles. The summed E-state index contributed by atoms with van der Waals surface area (Å²) >= 11 is 1.10. The van der Waals surface area contributed by atoms with E-state index in [0.717, 1.165) is 11.3 Å². The average molecular weight is 339 g/mol. The zero-order valence-electron chi connectivity index (χ0n) is 12.3. The normalized spacial score (nSPS) is 11.6. The van der Waals surface area contributed by atoms with Crippen molar-refractivity contribution < 1.29 is 13.2 Å². The maximum absolute atomic E-state index is 12.4. The molecule has 0 spiro atoms. The number of rotatable bonds is 6. The molecule has 0 fully saturated rings. The van der Waals surface area contributed by atoms with Gasteiger partial charge in [-0.15, -0.1) is 11.3 Å². The lowest BCUT2D eigenvalue weighted by Gasteiger charge is -2.17. The molecule has 118 valence electrons. The fourth-order valence-corrected chi connectivity index (χ4v) is 4.53. The van der Waals surface area contributed by atoms with Gasteiger partial charge in [-0.25, -0.2) is 8.42 Å². The number of hydrogen-bond donors (Lipinski definition) is 1. The summed E-state index contributed by atoms with van der Waals surface area (Å²) in [5, 5.41) is 4.17. The second kappa shape index (κ2) is 6.99. The molecule has 2 aromatic rings. The Morgan fingerprint density at radius 3 is 2.68 bits per heavy atom. The topological polar surface area (TPSA) is 79.4 Å². The van der Waals surface area contributed by atoms with Crippen LogP contribution in [0.2, 0.25) is 0 Å². The predicted octanol–water partition coefficient (Wildman–Crippen LogP) is 2.43. The Bertz CT molecular complexity index is 738. The van der Waals surface area contributed by atoms with Crippen molar-refractivity contribution in [1.82, 2.24) is 9.29 Å². The molecule has 2 aromatic heterocycles. The molecule has 8 heteroatoms. The maximum Gasteiger partial charge on any atom is 0.265 e. The number of pyridine rings is 1. The summed E-state index contributed by atoms with van der Waals surface area (Å²) in [6.45, 7) is 4.35. The van der Waals surface area contributed by atoms with Crippen LogP contribution in [0.5, 0.6) is 0 Å². The zero-order chi connectivity index (χ0) is 16.2. The van der Waals surface area contributed by atoms with Crippen LogP contribution in [0.15, 0.2) is 40.9 Å². The summed E-state index contributed by atoms with van der Waals surface area (Å²) in [7, 11) is -3.54. The lowest BCUT2D eigenvalue weighted by molar-refractivity contribution is 0.103. The second-order valence-electron chi connectivity index (χ2n) is 4.43. The standard InChI is InChI=1S/C14H17N3O3S2/c1-3-17(4-2)22(19,20)12-8-13(21-10-12)14(18)16-11-6-5-7-15-9-11/h5-10H,3-4H2,1-2H3,(H,16,18). The molecule has 0 unspecified atom stereocenters. The summed E-state index contributed by atoms with van der Waals surface area (Å²) < 4.78 is 26.1. The summed E-state index contributed by atoms with van der Waals surface area (Å²) in [6.07, 6.45) is 3.13. The van der Waals surface area contributed by atoms with E-state index in [4.69, 9.17) is 0 Å². The van der Waals surface area contributed by atoms with Gasteiger partial charge in [-0.2, -0.15) is 4.31 Å². The molecule has 22 heavy (non-hydrogen) atoms. The molecule has 0 atom stereocenters. The molecule has 0 aliphatic rings. The Balaban J connectivity index is 2.19. The Morgan fingerprint density at radius 1 is 1.36 bits per heavy atom. The largest absolute Gasteiger partial charge is 0.320 e. The number of nitrogens with zero attached hydrogens (tertiary/aromatic N) is 2. The van der Waals surface area contributed by atoms with E-state index < -0.39 is 10.0 Å². The Morgan fingerprint density at radius 2 is 2.09 bits per heavy atom. The van der Waals surface area contributed by atoms with Crippen LogP contribution in [0.25, 0.3) is 0 Å². The first-order valence-electron chi connectivity index (χ1n) is 6.79. The quantitative estimate of drug-likeness (QED) is 0.876. The molecule has 2 rings (SSSR count). The fourth-order valence-electron chi connectivity index (χ4n) is 1.92. The highest BCUT2D eigenvalue weighted by atomic mass is 32.2. The molecule has 0 bridgehead atoms. The van der Waals surface area contributed by atoms with Crippen LogP contribution in [0, 0.1) is 0 Å². The first-order chi connectivity index (χ1) is 10.5. The van der Waals surface area contributed by atoms with Gasteiger partial charge in [0.2, 0.25) is 10.0 Å². The molecule has 2 heterocycles. The molecular weight excluding hydrogens is 322 g/mol. The highest BCUT2D eigenvalue weighted by Crippen LogP contribution is 2.23. The fraction of sp³-hybridized carbons (Fsp3) is 0.286. The monoisotopic (exact) mass is 339 g/mol. The highest BCUT2D eigenvalue weighted by Gasteiger charge is 2.24. The smallest absolute Gasteiger partial charge is 0.265 e. The van der Waals surface area contributed by atoms with E-state index in [1.54, 1.807) is 32.2 Å². The lowest BCUT2D eigenvalue weighted by Crippen LogP contribution is -2.30. The number of sulfonamides is 1. The minimum absolute atomic E-state index is 0.150. The van der Waals surface area contributed by atoms with Crippen LogP contribution >= 0.6 is 11.3 Å². The van der Waals surface area contributed by atoms with E-state index in [2.05, 4.69) is 10.3 Å². The van der Waals surface area contributed by atoms with Gasteiger partial charge >= 0.3 is 0 Å². The van der Waals surface area contributed by atoms with E-state index in [-0.39, 0.29) is 10.8 Å². The van der Waals surface area contributed by atoms with Crippen molar-refractivity contribution in [3.05, 3.63) is 40.8 Å². The molecule has 6 nitrogen and oxygen atoms in total. The van der Waals surface area contributed by atoms with E-state index in [9.17, 15) is 13.2 Å². The molecule has 0 saturated carbocycles. The zero-order valence-corrected chi connectivity index (χ0v) is 13.9. The van der Waals surface area contributed by atoms with Crippen LogP contribution in [0.4, 0.5) is 5.69 Å². The number of carbonyl (C=O) groups excluding carboxylic acids is 1. The predicted molar refractivity (Wildman–Crippen MR) is 86.6 cm³/mol. The van der Waals surface area contributed by atoms with Crippen molar-refractivity contribution in [3.63, 3.8) is 0 Å². The van der Waals surface area contributed by atoms with Crippen LogP contribution in [-0.4, -0.2) is 36.7 Å². The molecule has 1 N–H and O–H groups in total. The molecular formula is C14H17N3O3S2. The van der Waals surface area contributed by atoms with Crippen LogP contribution in [0.3, 0.4) is 0 Å². The number of nitrogens with one attached hydrogen (secondary N) is 1. The minimum Gasteiger partial charge on any atom is -0.320 e. The van der Waals surface area contributed by atoms with Crippen LogP contribution in [0.1, 0.15) is 23.5 Å². The van der Waals surface area contributed by atoms with Gasteiger partial charge in [0.15, 0.2) is 0 Å². The van der Waals surface area contributed by atoms with Crippen molar-refractivity contribution in [1.29, 1.82) is 0 Å². The molecule has 0 saturated heterocycles. The molecule has 0 radical (unpaired) electrons. The van der Waals surface area contributed by atoms with Gasteiger partial charge in [0, 0.05) is 24.7 Å². The van der Waals surface area contributed by atoms with Gasteiger partial charge in [0.05, 0.1) is 21.7 Å². The van der Waals surface area contributed by atoms with Gasteiger partial charge < -0.3 is 5.32 Å². The van der Waals surface area contributed by atoms with E-state index in [1.807, 2.05) is 0 Å². The molecule has 1 amide bonds. The number of hydrogen-bond acceptors (Lipinski definition) is 5. The maximum atomic E-state index is 12.4. The first-order valence-corrected chi connectivity index (χ1v) is 9.11. The van der Waals surface area contributed by atoms with Crippen molar-refractivity contribution >= 4 is 33.0 Å². The van der Waals surface area contributed by atoms with E-state index in [0.29, 0.717) is 23.7 Å². The third kappa shape index (κ3) is 3.52. The number of carbonyl (C=O) groups is 1. The molecule has 0 aliphatic carbocycles. The highest BCUT2D eigenvalue weighted by molar-refractivity contribution is 7.89. The van der Waals surface area contributed by atoms with Gasteiger partial charge in [-0.05, 0) is 18.2 Å². The number of aromatic nitrogens is 1. The average Bonchev–Trinajstić information content (AvgIpc) is 3.00. The third-order valence-corrected chi connectivity index (χ3v) is 6.17. The van der Waals surface area contributed by atoms with Crippen molar-refractivity contribution in [3.8, 4) is 0 Å². The van der Waals surface area contributed by atoms with Crippen molar-refractivity contribution in [2.24, 2.45) is 0 Å². The Labute approximate surface area is 133 Å². The third-order valence-electron chi connectivity index (χ3n) is 3.06. The first kappa shape index (κ1) is 16.6. The van der Waals surface area contributed by atoms with E-state index >= 15 is 0 Å². The summed E-state index contributed by atoms with van der Waals surface area (Å²) in [5.41, 5.74) is 0.564. The van der Waals surface area contributed by atoms with Crippen molar-refractivity contribution in [2.75, 3.05) is 18.4 Å². The summed E-state index contributed by atoms with van der Waals surface area (Å²) in [6, 6.07) is 4.83. The summed E-state index contributed by atoms with van der Waals surface area (Å²) in [5.74, 6) is -0.348. The van der Waals surface area contributed by atoms with Crippen LogP contribution < -0.4 is 5.32 Å². The Kier molecular flexibility index (Phi) is 5.28. The van der Waals surface area contributed by atoms with E-state index in [1.165, 1.54) is 21.9 Å². The van der Waals surface area contributed by atoms with Crippen LogP contribution in [-0.2, 0) is 10.0 Å². The van der Waals surface area contributed by atoms with Gasteiger partial charge in [0.25, 0.3) is 5.91 Å². The second-order valence-corrected chi connectivity index (χ2v) is 7.28. The lowest BCUT2D eigenvalue weighted by atomic mass is 10.4. The minimum atomic E-state index is -3.54. The Hall–Kier alpha value is -1.77. The number of amides is 1.